The molecule has 0 heterocycles. The molecule has 2 N–H and O–H groups in total. The summed E-state index contributed by atoms with van der Waals surface area (Å²) in [6.45, 7) is 4.62. The van der Waals surface area contributed by atoms with Crippen LogP contribution in [-0.4, -0.2) is 31.1 Å². The fourth-order valence-electron chi connectivity index (χ4n) is 1.42. The van der Waals surface area contributed by atoms with Gasteiger partial charge in [0, 0.05) is 12.6 Å². The highest BCUT2D eigenvalue weighted by Gasteiger charge is 2.22. The van der Waals surface area contributed by atoms with E-state index >= 15 is 0 Å². The lowest BCUT2D eigenvalue weighted by Crippen LogP contribution is -2.28. The quantitative estimate of drug-likeness (QED) is 0.654. The fraction of sp³-hybridized carbons (Fsp3) is 1.00. The molecule has 1 unspecified atom stereocenters. The van der Waals surface area contributed by atoms with Gasteiger partial charge >= 0.3 is 0 Å². The Morgan fingerprint density at radius 3 is 2.67 bits per heavy atom. The van der Waals surface area contributed by atoms with E-state index in [9.17, 15) is 0 Å². The fourth-order valence-corrected chi connectivity index (χ4v) is 1.42. The summed E-state index contributed by atoms with van der Waals surface area (Å²) in [5.74, 6) is 1.01. The molecule has 1 aliphatic rings. The molecule has 0 aromatic heterocycles. The highest BCUT2D eigenvalue weighted by atomic mass is 15.1. The Bertz CT molecular complexity index is 121. The third kappa shape index (κ3) is 4.07. The van der Waals surface area contributed by atoms with E-state index in [1.54, 1.807) is 0 Å². The zero-order chi connectivity index (χ0) is 8.97. The van der Waals surface area contributed by atoms with Gasteiger partial charge in [-0.05, 0) is 45.2 Å². The molecule has 1 rings (SSSR count). The monoisotopic (exact) mass is 170 g/mol. The molecule has 0 saturated heterocycles. The number of rotatable bonds is 6. The van der Waals surface area contributed by atoms with E-state index in [0.29, 0.717) is 6.04 Å². The van der Waals surface area contributed by atoms with Crippen LogP contribution in [0.1, 0.15) is 32.6 Å². The second-order valence-corrected chi connectivity index (χ2v) is 4.16. The van der Waals surface area contributed by atoms with Gasteiger partial charge < -0.3 is 10.6 Å². The van der Waals surface area contributed by atoms with Crippen molar-refractivity contribution in [1.82, 2.24) is 4.90 Å². The third-order valence-electron chi connectivity index (χ3n) is 2.67. The van der Waals surface area contributed by atoms with E-state index in [2.05, 4.69) is 18.9 Å². The Labute approximate surface area is 76.1 Å². The van der Waals surface area contributed by atoms with Gasteiger partial charge in [-0.15, -0.1) is 0 Å². The summed E-state index contributed by atoms with van der Waals surface area (Å²) in [6.07, 6.45) is 5.16. The molecule has 0 spiro atoms. The van der Waals surface area contributed by atoms with E-state index in [-0.39, 0.29) is 0 Å². The van der Waals surface area contributed by atoms with E-state index in [1.165, 1.54) is 25.9 Å². The summed E-state index contributed by atoms with van der Waals surface area (Å²) in [6, 6.07) is 0.409. The van der Waals surface area contributed by atoms with Crippen LogP contribution in [0.2, 0.25) is 0 Å². The lowest BCUT2D eigenvalue weighted by molar-refractivity contribution is 0.304. The van der Waals surface area contributed by atoms with E-state index < -0.39 is 0 Å². The first-order chi connectivity index (χ1) is 5.72. The normalized spacial score (nSPS) is 20.0. The summed E-state index contributed by atoms with van der Waals surface area (Å²) < 4.78 is 0. The number of hydrogen-bond acceptors (Lipinski definition) is 2. The van der Waals surface area contributed by atoms with Crippen molar-refractivity contribution in [2.45, 2.75) is 38.6 Å². The molecule has 2 heteroatoms. The van der Waals surface area contributed by atoms with Crippen LogP contribution in [0, 0.1) is 5.92 Å². The predicted molar refractivity (Wildman–Crippen MR) is 53.1 cm³/mol. The molecule has 1 fully saturated rings. The number of nitrogens with zero attached hydrogens (tertiary/aromatic N) is 1. The van der Waals surface area contributed by atoms with E-state index in [4.69, 9.17) is 5.73 Å². The standard InChI is InChI=1S/C10H22N2/c1-3-10(11)6-7-12(2)8-9-4-5-9/h9-10H,3-8,11H2,1-2H3. The highest BCUT2D eigenvalue weighted by molar-refractivity contribution is 4.76. The topological polar surface area (TPSA) is 29.3 Å². The summed E-state index contributed by atoms with van der Waals surface area (Å²) in [5, 5.41) is 0. The molecule has 0 aromatic rings. The molecule has 1 aliphatic carbocycles. The smallest absolute Gasteiger partial charge is 0.00483 e. The van der Waals surface area contributed by atoms with Gasteiger partial charge in [0.05, 0.1) is 0 Å². The Morgan fingerprint density at radius 2 is 2.17 bits per heavy atom. The number of hydrogen-bond donors (Lipinski definition) is 1. The van der Waals surface area contributed by atoms with Gasteiger partial charge in [0.25, 0.3) is 0 Å². The molecule has 2 nitrogen and oxygen atoms in total. The van der Waals surface area contributed by atoms with Crippen molar-refractivity contribution in [1.29, 1.82) is 0 Å². The van der Waals surface area contributed by atoms with Gasteiger partial charge in [0.2, 0.25) is 0 Å². The van der Waals surface area contributed by atoms with Crippen LogP contribution in [0.3, 0.4) is 0 Å². The molecular formula is C10H22N2. The largest absolute Gasteiger partial charge is 0.328 e. The molecule has 12 heavy (non-hydrogen) atoms. The molecule has 1 atom stereocenters. The third-order valence-corrected chi connectivity index (χ3v) is 2.67. The minimum Gasteiger partial charge on any atom is -0.328 e. The van der Waals surface area contributed by atoms with Crippen LogP contribution in [-0.2, 0) is 0 Å². The SMILES string of the molecule is CCC(N)CCN(C)CC1CC1. The second-order valence-electron chi connectivity index (χ2n) is 4.16. The molecule has 0 aromatic carbocycles. The van der Waals surface area contributed by atoms with Crippen molar-refractivity contribution >= 4 is 0 Å². The minimum absolute atomic E-state index is 0.409. The van der Waals surface area contributed by atoms with Gasteiger partial charge in [0.1, 0.15) is 0 Å². The highest BCUT2D eigenvalue weighted by Crippen LogP contribution is 2.29. The average molecular weight is 170 g/mol. The lowest BCUT2D eigenvalue weighted by atomic mass is 10.1. The average Bonchev–Trinajstić information content (AvgIpc) is 2.84. The van der Waals surface area contributed by atoms with Crippen molar-refractivity contribution < 1.29 is 0 Å². The van der Waals surface area contributed by atoms with E-state index in [0.717, 1.165) is 18.8 Å². The summed E-state index contributed by atoms with van der Waals surface area (Å²) >= 11 is 0. The maximum atomic E-state index is 5.84. The Hall–Kier alpha value is -0.0800. The van der Waals surface area contributed by atoms with Crippen LogP contribution in [0.15, 0.2) is 0 Å². The van der Waals surface area contributed by atoms with Crippen molar-refractivity contribution in [2.75, 3.05) is 20.1 Å². The molecule has 72 valence electrons. The van der Waals surface area contributed by atoms with Gasteiger partial charge in [-0.3, -0.25) is 0 Å². The van der Waals surface area contributed by atoms with Crippen LogP contribution in [0.4, 0.5) is 0 Å². The maximum Gasteiger partial charge on any atom is 0.00483 e. The molecule has 0 amide bonds. The summed E-state index contributed by atoms with van der Waals surface area (Å²) in [4.78, 5) is 2.42. The predicted octanol–water partition coefficient (Wildman–Crippen LogP) is 1.46. The first-order valence-electron chi connectivity index (χ1n) is 5.16. The Kier molecular flexibility index (Phi) is 4.02. The van der Waals surface area contributed by atoms with Crippen molar-refractivity contribution in [3.05, 3.63) is 0 Å². The summed E-state index contributed by atoms with van der Waals surface area (Å²) in [7, 11) is 2.21. The molecule has 1 saturated carbocycles. The minimum atomic E-state index is 0.409. The molecular weight excluding hydrogens is 148 g/mol. The first kappa shape index (κ1) is 10.0. The zero-order valence-electron chi connectivity index (χ0n) is 8.42. The van der Waals surface area contributed by atoms with Crippen LogP contribution in [0.5, 0.6) is 0 Å². The maximum absolute atomic E-state index is 5.84. The van der Waals surface area contributed by atoms with Gasteiger partial charge in [-0.25, -0.2) is 0 Å². The number of nitrogens with two attached hydrogens (primary N) is 1. The van der Waals surface area contributed by atoms with E-state index in [1.807, 2.05) is 0 Å². The molecule has 0 bridgehead atoms. The molecule has 0 aliphatic heterocycles. The molecule has 0 radical (unpaired) electrons. The van der Waals surface area contributed by atoms with Crippen LogP contribution < -0.4 is 5.73 Å². The van der Waals surface area contributed by atoms with Crippen LogP contribution in [0.25, 0.3) is 0 Å². The van der Waals surface area contributed by atoms with Crippen molar-refractivity contribution in [2.24, 2.45) is 11.7 Å². The van der Waals surface area contributed by atoms with Gasteiger partial charge in [-0.2, -0.15) is 0 Å². The Balaban J connectivity index is 1.96. The van der Waals surface area contributed by atoms with Crippen molar-refractivity contribution in [3.63, 3.8) is 0 Å². The van der Waals surface area contributed by atoms with Crippen molar-refractivity contribution in [3.8, 4) is 0 Å². The lowest BCUT2D eigenvalue weighted by Gasteiger charge is -2.18. The van der Waals surface area contributed by atoms with Gasteiger partial charge in [-0.1, -0.05) is 6.92 Å². The van der Waals surface area contributed by atoms with Gasteiger partial charge in [0.15, 0.2) is 0 Å². The first-order valence-corrected chi connectivity index (χ1v) is 5.16. The Morgan fingerprint density at radius 1 is 1.50 bits per heavy atom. The zero-order valence-corrected chi connectivity index (χ0v) is 8.42. The summed E-state index contributed by atoms with van der Waals surface area (Å²) in [5.41, 5.74) is 5.84. The van der Waals surface area contributed by atoms with Crippen LogP contribution >= 0.6 is 0 Å². The second kappa shape index (κ2) is 4.83.